The Labute approximate surface area is 201 Å². The number of hydrogen-bond donors (Lipinski definition) is 1. The summed E-state index contributed by atoms with van der Waals surface area (Å²) in [5.74, 6) is -0.0133. The van der Waals surface area contributed by atoms with Gasteiger partial charge in [0.05, 0.1) is 38.1 Å². The van der Waals surface area contributed by atoms with Crippen LogP contribution >= 0.6 is 0 Å². The molecule has 2 aliphatic rings. The van der Waals surface area contributed by atoms with E-state index in [0.29, 0.717) is 6.42 Å². The largest absolute Gasteiger partial charge is 0.447 e. The molecule has 0 aliphatic carbocycles. The van der Waals surface area contributed by atoms with Gasteiger partial charge >= 0.3 is 6.09 Å². The Morgan fingerprint density at radius 3 is 2.68 bits per heavy atom. The topological polar surface area (TPSA) is 88.9 Å². The van der Waals surface area contributed by atoms with Gasteiger partial charge in [-0.15, -0.1) is 0 Å². The lowest BCUT2D eigenvalue weighted by Gasteiger charge is -2.39. The molecule has 2 atom stereocenters. The number of amides is 2. The first-order valence-corrected chi connectivity index (χ1v) is 12.1. The average molecular weight is 470 g/mol. The van der Waals surface area contributed by atoms with Gasteiger partial charge in [0.15, 0.2) is 0 Å². The highest BCUT2D eigenvalue weighted by Crippen LogP contribution is 2.39. The van der Waals surface area contributed by atoms with E-state index in [-0.39, 0.29) is 24.1 Å². The van der Waals surface area contributed by atoms with Gasteiger partial charge in [0.2, 0.25) is 5.91 Å². The molecule has 4 rings (SSSR count). The molecule has 34 heavy (non-hydrogen) atoms. The number of alkyl carbamates (subject to hydrolysis) is 1. The second kappa shape index (κ2) is 10.6. The second-order valence-corrected chi connectivity index (χ2v) is 9.34. The number of ether oxygens (including phenoxy) is 2. The summed E-state index contributed by atoms with van der Waals surface area (Å²) in [5.41, 5.74) is 3.73. The highest BCUT2D eigenvalue weighted by molar-refractivity contribution is 5.94. The van der Waals surface area contributed by atoms with Gasteiger partial charge < -0.3 is 19.7 Å². The SMILES string of the molecule is CC(=O)N1c2ccc(-c3cnn(CCN4CCOCC4)c3)cc2[C@@H](NC(=O)OC(C)C)C[C@H]1C. The molecule has 9 nitrogen and oxygen atoms in total. The molecule has 2 aromatic rings. The van der Waals surface area contributed by atoms with Crippen LogP contribution in [0.2, 0.25) is 0 Å². The third-order valence-corrected chi connectivity index (χ3v) is 6.37. The van der Waals surface area contributed by atoms with Crippen LogP contribution in [0.15, 0.2) is 30.6 Å². The predicted molar refractivity (Wildman–Crippen MR) is 130 cm³/mol. The number of carbonyl (C=O) groups is 2. The number of morpholine rings is 1. The summed E-state index contributed by atoms with van der Waals surface area (Å²) in [7, 11) is 0. The van der Waals surface area contributed by atoms with Crippen molar-refractivity contribution in [2.45, 2.75) is 58.8 Å². The summed E-state index contributed by atoms with van der Waals surface area (Å²) in [6, 6.07) is 5.75. The Hall–Kier alpha value is -2.91. The smallest absolute Gasteiger partial charge is 0.407 e. The Morgan fingerprint density at radius 1 is 1.21 bits per heavy atom. The molecule has 0 spiro atoms. The molecule has 0 radical (unpaired) electrons. The Bertz CT molecular complexity index is 1010. The van der Waals surface area contributed by atoms with Gasteiger partial charge in [-0.05, 0) is 50.5 Å². The minimum atomic E-state index is -0.448. The van der Waals surface area contributed by atoms with E-state index in [1.54, 1.807) is 11.8 Å². The van der Waals surface area contributed by atoms with Gasteiger partial charge in [0.25, 0.3) is 0 Å². The molecule has 0 saturated carbocycles. The molecule has 1 aromatic heterocycles. The van der Waals surface area contributed by atoms with Crippen molar-refractivity contribution < 1.29 is 19.1 Å². The third kappa shape index (κ3) is 5.59. The van der Waals surface area contributed by atoms with Crippen LogP contribution in [-0.2, 0) is 20.8 Å². The van der Waals surface area contributed by atoms with E-state index in [9.17, 15) is 9.59 Å². The minimum Gasteiger partial charge on any atom is -0.447 e. The summed E-state index contributed by atoms with van der Waals surface area (Å²) in [6.07, 6.45) is 3.87. The Kier molecular flexibility index (Phi) is 7.53. The Morgan fingerprint density at radius 2 is 1.97 bits per heavy atom. The normalized spacial score (nSPS) is 20.8. The number of nitrogens with zero attached hydrogens (tertiary/aromatic N) is 4. The highest BCUT2D eigenvalue weighted by atomic mass is 16.6. The maximum Gasteiger partial charge on any atom is 0.407 e. The van der Waals surface area contributed by atoms with Crippen molar-refractivity contribution in [3.8, 4) is 11.1 Å². The number of rotatable bonds is 6. The van der Waals surface area contributed by atoms with Crippen LogP contribution in [0, 0.1) is 0 Å². The fourth-order valence-corrected chi connectivity index (χ4v) is 4.75. The molecule has 2 amide bonds. The molecule has 2 aliphatic heterocycles. The molecule has 1 N–H and O–H groups in total. The highest BCUT2D eigenvalue weighted by Gasteiger charge is 2.34. The summed E-state index contributed by atoms with van der Waals surface area (Å²) in [5, 5.41) is 7.55. The lowest BCUT2D eigenvalue weighted by atomic mass is 9.89. The number of benzene rings is 1. The number of fused-ring (bicyclic) bond motifs is 1. The first-order chi connectivity index (χ1) is 16.3. The number of aromatic nitrogens is 2. The van der Waals surface area contributed by atoms with Crippen molar-refractivity contribution in [3.05, 3.63) is 36.2 Å². The van der Waals surface area contributed by atoms with E-state index in [1.807, 2.05) is 50.0 Å². The number of carbonyl (C=O) groups excluding carboxylic acids is 2. The zero-order valence-corrected chi connectivity index (χ0v) is 20.5. The first-order valence-electron chi connectivity index (χ1n) is 12.1. The molecule has 1 saturated heterocycles. The molecule has 3 heterocycles. The van der Waals surface area contributed by atoms with Gasteiger partial charge in [-0.2, -0.15) is 5.10 Å². The van der Waals surface area contributed by atoms with Crippen LogP contribution < -0.4 is 10.2 Å². The molecular weight excluding hydrogens is 434 g/mol. The molecule has 184 valence electrons. The summed E-state index contributed by atoms with van der Waals surface area (Å²) >= 11 is 0. The average Bonchev–Trinajstić information content (AvgIpc) is 3.26. The lowest BCUT2D eigenvalue weighted by Crippen LogP contribution is -2.45. The van der Waals surface area contributed by atoms with Gasteiger partial charge in [-0.25, -0.2) is 4.79 Å². The fourth-order valence-electron chi connectivity index (χ4n) is 4.75. The predicted octanol–water partition coefficient (Wildman–Crippen LogP) is 3.20. The van der Waals surface area contributed by atoms with Gasteiger partial charge in [-0.3, -0.25) is 14.4 Å². The van der Waals surface area contributed by atoms with E-state index >= 15 is 0 Å². The standard InChI is InChI=1S/C25H35N5O4/c1-17(2)34-25(32)27-23-13-18(3)30(19(4)31)24-6-5-20(14-22(23)24)21-15-26-29(16-21)8-7-28-9-11-33-12-10-28/h5-6,14-18,23H,7-13H2,1-4H3,(H,27,32)/t18-,23+/m1/s1. The zero-order valence-electron chi connectivity index (χ0n) is 20.5. The molecule has 9 heteroatoms. The van der Waals surface area contributed by atoms with Crippen molar-refractivity contribution >= 4 is 17.7 Å². The quantitative estimate of drug-likeness (QED) is 0.699. The molecule has 0 unspecified atom stereocenters. The van der Waals surface area contributed by atoms with Crippen LogP contribution in [0.5, 0.6) is 0 Å². The van der Waals surface area contributed by atoms with E-state index in [2.05, 4.69) is 21.4 Å². The van der Waals surface area contributed by atoms with Crippen molar-refractivity contribution in [2.75, 3.05) is 37.7 Å². The van der Waals surface area contributed by atoms with E-state index < -0.39 is 6.09 Å². The van der Waals surface area contributed by atoms with E-state index in [0.717, 1.165) is 61.8 Å². The minimum absolute atomic E-state index is 0.0133. The lowest BCUT2D eigenvalue weighted by molar-refractivity contribution is -0.117. The molecule has 1 fully saturated rings. The van der Waals surface area contributed by atoms with Crippen LogP contribution in [0.25, 0.3) is 11.1 Å². The molecule has 1 aromatic carbocycles. The van der Waals surface area contributed by atoms with Crippen molar-refractivity contribution in [3.63, 3.8) is 0 Å². The fraction of sp³-hybridized carbons (Fsp3) is 0.560. The van der Waals surface area contributed by atoms with Crippen molar-refractivity contribution in [1.29, 1.82) is 0 Å². The van der Waals surface area contributed by atoms with Crippen molar-refractivity contribution in [2.24, 2.45) is 0 Å². The number of hydrogen-bond acceptors (Lipinski definition) is 6. The summed E-state index contributed by atoms with van der Waals surface area (Å²) in [4.78, 5) is 29.0. The van der Waals surface area contributed by atoms with E-state index in [4.69, 9.17) is 9.47 Å². The summed E-state index contributed by atoms with van der Waals surface area (Å²) in [6.45, 7) is 12.5. The van der Waals surface area contributed by atoms with E-state index in [1.165, 1.54) is 0 Å². The zero-order chi connectivity index (χ0) is 24.2. The van der Waals surface area contributed by atoms with Crippen LogP contribution in [-0.4, -0.2) is 71.7 Å². The van der Waals surface area contributed by atoms with Gasteiger partial charge in [0.1, 0.15) is 0 Å². The van der Waals surface area contributed by atoms with Gasteiger partial charge in [0, 0.05) is 50.0 Å². The monoisotopic (exact) mass is 469 g/mol. The molecular formula is C25H35N5O4. The summed E-state index contributed by atoms with van der Waals surface area (Å²) < 4.78 is 12.7. The van der Waals surface area contributed by atoms with Crippen molar-refractivity contribution in [1.82, 2.24) is 20.0 Å². The first kappa shape index (κ1) is 24.2. The molecule has 0 bridgehead atoms. The second-order valence-electron chi connectivity index (χ2n) is 9.34. The van der Waals surface area contributed by atoms with Gasteiger partial charge in [-0.1, -0.05) is 6.07 Å². The third-order valence-electron chi connectivity index (χ3n) is 6.37. The maximum absolute atomic E-state index is 12.4. The van der Waals surface area contributed by atoms with Crippen LogP contribution in [0.1, 0.15) is 45.7 Å². The maximum atomic E-state index is 12.4. The van der Waals surface area contributed by atoms with Crippen LogP contribution in [0.4, 0.5) is 10.5 Å². The number of nitrogens with one attached hydrogen (secondary N) is 1. The number of anilines is 1. The van der Waals surface area contributed by atoms with Crippen LogP contribution in [0.3, 0.4) is 0 Å². The Balaban J connectivity index is 1.56.